The Kier molecular flexibility index (Phi) is 6.72. The lowest BCUT2D eigenvalue weighted by Gasteiger charge is -2.27. The standard InChI is InChI=1S/C24H25N3O2/c1-4-23(25)22-6-5-15-26-24(22)27(16-18-7-11-20(28-2)12-8-18)17-19-9-13-21(29-3)14-10-19/h1,5-15,23H,16-17,25H2,2-3H3/t23-/m1/s1. The first-order valence-corrected chi connectivity index (χ1v) is 9.32. The molecule has 5 nitrogen and oxygen atoms in total. The molecule has 0 saturated heterocycles. The van der Waals surface area contributed by atoms with Gasteiger partial charge >= 0.3 is 0 Å². The summed E-state index contributed by atoms with van der Waals surface area (Å²) in [5.74, 6) is 5.04. The van der Waals surface area contributed by atoms with Crippen LogP contribution in [0.2, 0.25) is 0 Å². The van der Waals surface area contributed by atoms with Crippen LogP contribution in [0.15, 0.2) is 66.9 Å². The van der Waals surface area contributed by atoms with Gasteiger partial charge in [0.05, 0.1) is 20.3 Å². The molecule has 1 atom stereocenters. The van der Waals surface area contributed by atoms with Gasteiger partial charge in [0.25, 0.3) is 0 Å². The smallest absolute Gasteiger partial charge is 0.134 e. The molecule has 0 radical (unpaired) electrons. The van der Waals surface area contributed by atoms with Gasteiger partial charge in [-0.3, -0.25) is 0 Å². The van der Waals surface area contributed by atoms with Gasteiger partial charge in [-0.2, -0.15) is 0 Å². The lowest BCUT2D eigenvalue weighted by atomic mass is 10.1. The summed E-state index contributed by atoms with van der Waals surface area (Å²) < 4.78 is 10.5. The highest BCUT2D eigenvalue weighted by molar-refractivity contribution is 5.51. The number of hydrogen-bond donors (Lipinski definition) is 1. The van der Waals surface area contributed by atoms with Gasteiger partial charge in [0.2, 0.25) is 0 Å². The van der Waals surface area contributed by atoms with Gasteiger partial charge in [0.15, 0.2) is 0 Å². The molecule has 3 aromatic rings. The van der Waals surface area contributed by atoms with Crippen LogP contribution in [0.5, 0.6) is 11.5 Å². The van der Waals surface area contributed by atoms with Crippen molar-refractivity contribution >= 4 is 5.82 Å². The lowest BCUT2D eigenvalue weighted by Crippen LogP contribution is -2.26. The summed E-state index contributed by atoms with van der Waals surface area (Å²) in [6.07, 6.45) is 7.35. The number of nitrogens with two attached hydrogens (primary N) is 1. The largest absolute Gasteiger partial charge is 0.497 e. The minimum atomic E-state index is -0.520. The van der Waals surface area contributed by atoms with Crippen molar-refractivity contribution in [2.24, 2.45) is 5.73 Å². The molecule has 5 heteroatoms. The first-order chi connectivity index (χ1) is 14.1. The Bertz CT molecular complexity index is 913. The molecule has 3 rings (SSSR count). The van der Waals surface area contributed by atoms with Crippen LogP contribution in [-0.4, -0.2) is 19.2 Å². The topological polar surface area (TPSA) is 60.6 Å². The van der Waals surface area contributed by atoms with Gasteiger partial charge in [0.1, 0.15) is 17.3 Å². The fraction of sp³-hybridized carbons (Fsp3) is 0.208. The van der Waals surface area contributed by atoms with Gasteiger partial charge in [0, 0.05) is 24.8 Å². The number of pyridine rings is 1. The van der Waals surface area contributed by atoms with E-state index in [9.17, 15) is 0 Å². The van der Waals surface area contributed by atoms with Gasteiger partial charge in [-0.25, -0.2) is 4.98 Å². The zero-order chi connectivity index (χ0) is 20.6. The number of rotatable bonds is 8. The number of benzene rings is 2. The second kappa shape index (κ2) is 9.63. The highest BCUT2D eigenvalue weighted by atomic mass is 16.5. The Morgan fingerprint density at radius 2 is 1.45 bits per heavy atom. The number of hydrogen-bond acceptors (Lipinski definition) is 5. The summed E-state index contributed by atoms with van der Waals surface area (Å²) in [4.78, 5) is 6.79. The highest BCUT2D eigenvalue weighted by Crippen LogP contribution is 2.27. The zero-order valence-corrected chi connectivity index (χ0v) is 16.7. The van der Waals surface area contributed by atoms with Crippen LogP contribution in [0.4, 0.5) is 5.82 Å². The van der Waals surface area contributed by atoms with Crippen LogP contribution in [0.25, 0.3) is 0 Å². The van der Waals surface area contributed by atoms with Crippen LogP contribution < -0.4 is 20.1 Å². The highest BCUT2D eigenvalue weighted by Gasteiger charge is 2.17. The molecule has 0 aliphatic carbocycles. The minimum Gasteiger partial charge on any atom is -0.497 e. The molecule has 0 aliphatic heterocycles. The second-order valence-corrected chi connectivity index (χ2v) is 6.61. The summed E-state index contributed by atoms with van der Waals surface area (Å²) in [5, 5.41) is 0. The molecule has 0 spiro atoms. The van der Waals surface area contributed by atoms with Crippen molar-refractivity contribution in [2.45, 2.75) is 19.1 Å². The van der Waals surface area contributed by atoms with Crippen LogP contribution in [0.1, 0.15) is 22.7 Å². The molecule has 0 bridgehead atoms. The number of ether oxygens (including phenoxy) is 2. The Morgan fingerprint density at radius 1 is 0.931 bits per heavy atom. The number of methoxy groups -OCH3 is 2. The van der Waals surface area contributed by atoms with E-state index in [-0.39, 0.29) is 0 Å². The Hall–Kier alpha value is -3.49. The van der Waals surface area contributed by atoms with Crippen LogP contribution in [-0.2, 0) is 13.1 Å². The van der Waals surface area contributed by atoms with Crippen molar-refractivity contribution in [2.75, 3.05) is 19.1 Å². The number of anilines is 1. The van der Waals surface area contributed by atoms with E-state index < -0.39 is 6.04 Å². The predicted molar refractivity (Wildman–Crippen MR) is 116 cm³/mol. The third-order valence-corrected chi connectivity index (χ3v) is 4.70. The quantitative estimate of drug-likeness (QED) is 0.593. The minimum absolute atomic E-state index is 0.520. The molecular formula is C24H25N3O2. The van der Waals surface area contributed by atoms with Crippen molar-refractivity contribution < 1.29 is 9.47 Å². The number of aromatic nitrogens is 1. The van der Waals surface area contributed by atoms with Gasteiger partial charge in [-0.15, -0.1) is 6.42 Å². The lowest BCUT2D eigenvalue weighted by molar-refractivity contribution is 0.414. The van der Waals surface area contributed by atoms with E-state index in [1.807, 2.05) is 60.7 Å². The maximum atomic E-state index is 6.16. The fourth-order valence-corrected chi connectivity index (χ4v) is 3.11. The summed E-state index contributed by atoms with van der Waals surface area (Å²) in [6, 6.07) is 19.3. The van der Waals surface area contributed by atoms with E-state index in [1.54, 1.807) is 20.4 Å². The zero-order valence-electron chi connectivity index (χ0n) is 16.7. The number of nitrogens with zero attached hydrogens (tertiary/aromatic N) is 2. The molecule has 29 heavy (non-hydrogen) atoms. The summed E-state index contributed by atoms with van der Waals surface area (Å²) in [7, 11) is 3.32. The Balaban J connectivity index is 1.95. The van der Waals surface area contributed by atoms with Crippen LogP contribution in [0, 0.1) is 12.3 Å². The van der Waals surface area contributed by atoms with Crippen molar-refractivity contribution in [3.8, 4) is 23.8 Å². The SMILES string of the molecule is C#C[C@@H](N)c1cccnc1N(Cc1ccc(OC)cc1)Cc1ccc(OC)cc1. The van der Waals surface area contributed by atoms with Crippen LogP contribution in [0.3, 0.4) is 0 Å². The summed E-state index contributed by atoms with van der Waals surface area (Å²) in [5.41, 5.74) is 9.25. The monoisotopic (exact) mass is 387 g/mol. The van der Waals surface area contributed by atoms with Gasteiger partial charge < -0.3 is 20.1 Å². The van der Waals surface area contributed by atoms with Crippen molar-refractivity contribution in [3.63, 3.8) is 0 Å². The average molecular weight is 387 g/mol. The maximum absolute atomic E-state index is 6.16. The predicted octanol–water partition coefficient (Wildman–Crippen LogP) is 3.94. The Labute approximate surface area is 172 Å². The van der Waals surface area contributed by atoms with Crippen molar-refractivity contribution in [3.05, 3.63) is 83.6 Å². The Morgan fingerprint density at radius 3 is 1.90 bits per heavy atom. The number of terminal acetylenes is 1. The van der Waals surface area contributed by atoms with E-state index in [2.05, 4.69) is 15.8 Å². The maximum Gasteiger partial charge on any atom is 0.134 e. The summed E-state index contributed by atoms with van der Waals surface area (Å²) in [6.45, 7) is 1.30. The molecule has 1 aromatic heterocycles. The fourth-order valence-electron chi connectivity index (χ4n) is 3.11. The second-order valence-electron chi connectivity index (χ2n) is 6.61. The van der Waals surface area contributed by atoms with E-state index in [0.717, 1.165) is 34.0 Å². The average Bonchev–Trinajstić information content (AvgIpc) is 2.79. The van der Waals surface area contributed by atoms with Gasteiger partial charge in [-0.1, -0.05) is 36.3 Å². The third-order valence-electron chi connectivity index (χ3n) is 4.70. The molecule has 0 fully saturated rings. The first kappa shape index (κ1) is 20.2. The molecule has 0 aliphatic rings. The molecule has 2 N–H and O–H groups in total. The molecule has 2 aromatic carbocycles. The van der Waals surface area contributed by atoms with Gasteiger partial charge in [-0.05, 0) is 41.5 Å². The first-order valence-electron chi connectivity index (χ1n) is 9.32. The molecule has 0 unspecified atom stereocenters. The van der Waals surface area contributed by atoms with Crippen molar-refractivity contribution in [1.29, 1.82) is 0 Å². The third kappa shape index (κ3) is 5.07. The van der Waals surface area contributed by atoms with E-state index in [0.29, 0.717) is 13.1 Å². The van der Waals surface area contributed by atoms with E-state index >= 15 is 0 Å². The van der Waals surface area contributed by atoms with Crippen molar-refractivity contribution in [1.82, 2.24) is 4.98 Å². The normalized spacial score (nSPS) is 11.4. The molecule has 148 valence electrons. The molecule has 0 saturated carbocycles. The molecular weight excluding hydrogens is 362 g/mol. The van der Waals surface area contributed by atoms with Crippen LogP contribution >= 0.6 is 0 Å². The van der Waals surface area contributed by atoms with E-state index in [4.69, 9.17) is 21.6 Å². The summed E-state index contributed by atoms with van der Waals surface area (Å²) >= 11 is 0. The van der Waals surface area contributed by atoms with E-state index in [1.165, 1.54) is 0 Å². The molecule has 1 heterocycles. The molecule has 0 amide bonds.